The summed E-state index contributed by atoms with van der Waals surface area (Å²) in [6.45, 7) is 0.156. The van der Waals surface area contributed by atoms with Crippen LogP contribution in [0.1, 0.15) is 5.56 Å². The number of rotatable bonds is 3. The van der Waals surface area contributed by atoms with Crippen LogP contribution in [0.4, 0.5) is 5.69 Å². The molecule has 0 radical (unpaired) electrons. The number of aromatic nitrogens is 3. The number of nitro benzene ring substituents is 1. The highest BCUT2D eigenvalue weighted by atomic mass is 79.9. The van der Waals surface area contributed by atoms with Gasteiger partial charge in [-0.15, -0.1) is 5.10 Å². The zero-order valence-corrected chi connectivity index (χ0v) is 12.2. The molecule has 21 heavy (non-hydrogen) atoms. The van der Waals surface area contributed by atoms with Gasteiger partial charge < -0.3 is 0 Å². The van der Waals surface area contributed by atoms with Crippen LogP contribution in [-0.4, -0.2) is 19.1 Å². The van der Waals surface area contributed by atoms with Crippen LogP contribution in [0.3, 0.4) is 0 Å². The molecule has 3 aromatic rings. The lowest BCUT2D eigenvalue weighted by atomic mass is 10.2. The maximum Gasteiger partial charge on any atom is 0.350 e. The maximum absolute atomic E-state index is 12.2. The third-order valence-corrected chi connectivity index (χ3v) is 3.98. The van der Waals surface area contributed by atoms with Gasteiger partial charge in [0.1, 0.15) is 4.47 Å². The normalized spacial score (nSPS) is 10.9. The Labute approximate surface area is 126 Å². The van der Waals surface area contributed by atoms with Crippen LogP contribution in [0, 0.1) is 10.1 Å². The van der Waals surface area contributed by atoms with Crippen LogP contribution in [0.15, 0.2) is 51.9 Å². The van der Waals surface area contributed by atoms with Crippen molar-refractivity contribution in [3.8, 4) is 0 Å². The average molecular weight is 349 g/mol. The zero-order valence-electron chi connectivity index (χ0n) is 10.6. The van der Waals surface area contributed by atoms with Gasteiger partial charge >= 0.3 is 5.69 Å². The maximum atomic E-state index is 12.2. The van der Waals surface area contributed by atoms with Crippen LogP contribution in [0.25, 0.3) is 5.65 Å². The lowest BCUT2D eigenvalue weighted by molar-refractivity contribution is -0.385. The second kappa shape index (κ2) is 5.13. The predicted molar refractivity (Wildman–Crippen MR) is 79.4 cm³/mol. The van der Waals surface area contributed by atoms with E-state index in [0.717, 1.165) is 0 Å². The Morgan fingerprint density at radius 2 is 2.05 bits per heavy atom. The van der Waals surface area contributed by atoms with Crippen molar-refractivity contribution in [1.29, 1.82) is 0 Å². The number of pyridine rings is 1. The van der Waals surface area contributed by atoms with Crippen molar-refractivity contribution in [3.05, 3.63) is 73.2 Å². The summed E-state index contributed by atoms with van der Waals surface area (Å²) >= 11 is 3.22. The van der Waals surface area contributed by atoms with Gasteiger partial charge in [-0.3, -0.25) is 14.5 Å². The Kier molecular flexibility index (Phi) is 3.30. The van der Waals surface area contributed by atoms with E-state index in [1.165, 1.54) is 15.1 Å². The van der Waals surface area contributed by atoms with Gasteiger partial charge in [0.05, 0.1) is 11.5 Å². The topological polar surface area (TPSA) is 82.4 Å². The molecular formula is C13H9BrN4O3. The molecule has 2 aromatic heterocycles. The SMILES string of the molecule is O=c1n(Cc2cccc([N+](=O)[O-])c2Br)nc2ccccn12. The van der Waals surface area contributed by atoms with E-state index in [0.29, 0.717) is 15.7 Å². The molecule has 0 aliphatic carbocycles. The Hall–Kier alpha value is -2.48. The summed E-state index contributed by atoms with van der Waals surface area (Å²) in [6, 6.07) is 9.95. The molecule has 0 fully saturated rings. The largest absolute Gasteiger partial charge is 0.350 e. The Balaban J connectivity index is 2.07. The molecule has 106 valence electrons. The smallest absolute Gasteiger partial charge is 0.258 e. The van der Waals surface area contributed by atoms with Crippen molar-refractivity contribution < 1.29 is 4.92 Å². The van der Waals surface area contributed by atoms with E-state index in [2.05, 4.69) is 21.0 Å². The lowest BCUT2D eigenvalue weighted by Gasteiger charge is -2.04. The molecule has 0 aliphatic heterocycles. The highest BCUT2D eigenvalue weighted by Gasteiger charge is 2.16. The van der Waals surface area contributed by atoms with Crippen LogP contribution >= 0.6 is 15.9 Å². The first kappa shape index (κ1) is 13.5. The van der Waals surface area contributed by atoms with Crippen molar-refractivity contribution in [1.82, 2.24) is 14.2 Å². The van der Waals surface area contributed by atoms with Crippen molar-refractivity contribution in [3.63, 3.8) is 0 Å². The third kappa shape index (κ3) is 2.33. The number of nitro groups is 1. The fourth-order valence-electron chi connectivity index (χ4n) is 2.06. The zero-order chi connectivity index (χ0) is 15.0. The second-order valence-corrected chi connectivity index (χ2v) is 5.17. The second-order valence-electron chi connectivity index (χ2n) is 4.38. The Bertz CT molecular complexity index is 900. The third-order valence-electron chi connectivity index (χ3n) is 3.06. The summed E-state index contributed by atoms with van der Waals surface area (Å²) in [5, 5.41) is 15.1. The molecule has 0 unspecified atom stereocenters. The van der Waals surface area contributed by atoms with Gasteiger partial charge in [-0.25, -0.2) is 9.48 Å². The van der Waals surface area contributed by atoms with Gasteiger partial charge in [0, 0.05) is 12.3 Å². The highest BCUT2D eigenvalue weighted by molar-refractivity contribution is 9.10. The van der Waals surface area contributed by atoms with E-state index in [1.807, 2.05) is 0 Å². The van der Waals surface area contributed by atoms with Crippen molar-refractivity contribution >= 4 is 27.3 Å². The Morgan fingerprint density at radius 3 is 2.76 bits per heavy atom. The molecule has 0 aliphatic rings. The molecule has 0 atom stereocenters. The number of hydrogen-bond acceptors (Lipinski definition) is 4. The van der Waals surface area contributed by atoms with Gasteiger partial charge in [0.25, 0.3) is 5.69 Å². The predicted octanol–water partition coefficient (Wildman–Crippen LogP) is 2.21. The molecule has 7 nitrogen and oxygen atoms in total. The molecule has 0 saturated carbocycles. The number of fused-ring (bicyclic) bond motifs is 1. The van der Waals surface area contributed by atoms with Crippen LogP contribution in [0.2, 0.25) is 0 Å². The number of nitrogens with zero attached hydrogens (tertiary/aromatic N) is 4. The summed E-state index contributed by atoms with van der Waals surface area (Å²) in [7, 11) is 0. The van der Waals surface area contributed by atoms with Crippen molar-refractivity contribution in [2.75, 3.05) is 0 Å². The minimum Gasteiger partial charge on any atom is -0.258 e. The van der Waals surface area contributed by atoms with E-state index in [-0.39, 0.29) is 17.9 Å². The van der Waals surface area contributed by atoms with E-state index in [4.69, 9.17) is 0 Å². The summed E-state index contributed by atoms with van der Waals surface area (Å²) in [6.07, 6.45) is 1.63. The standard InChI is InChI=1S/C13H9BrN4O3/c14-12-9(4-3-5-10(12)18(20)21)8-17-13(19)16-7-2-1-6-11(16)15-17/h1-7H,8H2. The molecule has 0 N–H and O–H groups in total. The molecule has 8 heteroatoms. The lowest BCUT2D eigenvalue weighted by Crippen LogP contribution is -2.21. The van der Waals surface area contributed by atoms with Gasteiger partial charge in [-0.05, 0) is 33.6 Å². The first-order valence-electron chi connectivity index (χ1n) is 6.04. The molecule has 1 aromatic carbocycles. The van der Waals surface area contributed by atoms with Crippen LogP contribution < -0.4 is 5.69 Å². The van der Waals surface area contributed by atoms with Crippen LogP contribution in [-0.2, 0) is 6.54 Å². The van der Waals surface area contributed by atoms with E-state index >= 15 is 0 Å². The van der Waals surface area contributed by atoms with Gasteiger partial charge in [0.2, 0.25) is 0 Å². The van der Waals surface area contributed by atoms with Gasteiger partial charge in [0.15, 0.2) is 5.65 Å². The molecular weight excluding hydrogens is 340 g/mol. The summed E-state index contributed by atoms with van der Waals surface area (Å²) in [5.41, 5.74) is 0.826. The summed E-state index contributed by atoms with van der Waals surface area (Å²) in [5.74, 6) is 0. The molecule has 2 heterocycles. The van der Waals surface area contributed by atoms with Gasteiger partial charge in [-0.1, -0.05) is 18.2 Å². The van der Waals surface area contributed by atoms with E-state index in [1.54, 1.807) is 36.5 Å². The minimum atomic E-state index is -0.472. The molecule has 0 amide bonds. The van der Waals surface area contributed by atoms with Crippen molar-refractivity contribution in [2.45, 2.75) is 6.54 Å². The van der Waals surface area contributed by atoms with Crippen LogP contribution in [0.5, 0.6) is 0 Å². The number of halogens is 1. The Morgan fingerprint density at radius 1 is 1.24 bits per heavy atom. The number of hydrogen-bond donors (Lipinski definition) is 0. The first-order chi connectivity index (χ1) is 10.1. The highest BCUT2D eigenvalue weighted by Crippen LogP contribution is 2.28. The molecule has 0 saturated heterocycles. The summed E-state index contributed by atoms with van der Waals surface area (Å²) in [4.78, 5) is 22.6. The first-order valence-corrected chi connectivity index (χ1v) is 6.83. The molecule has 0 spiro atoms. The number of benzene rings is 1. The fourth-order valence-corrected chi connectivity index (χ4v) is 2.60. The van der Waals surface area contributed by atoms with Gasteiger partial charge in [-0.2, -0.15) is 0 Å². The monoisotopic (exact) mass is 348 g/mol. The average Bonchev–Trinajstić information content (AvgIpc) is 2.78. The van der Waals surface area contributed by atoms with E-state index in [9.17, 15) is 14.9 Å². The quantitative estimate of drug-likeness (QED) is 0.536. The van der Waals surface area contributed by atoms with Crippen molar-refractivity contribution in [2.24, 2.45) is 0 Å². The molecule has 3 rings (SSSR count). The fraction of sp³-hybridized carbons (Fsp3) is 0.0769. The summed E-state index contributed by atoms with van der Waals surface area (Å²) < 4.78 is 3.06. The van der Waals surface area contributed by atoms with E-state index < -0.39 is 4.92 Å². The molecule has 0 bridgehead atoms. The minimum absolute atomic E-state index is 0.0377.